The van der Waals surface area contributed by atoms with Gasteiger partial charge in [-0.2, -0.15) is 0 Å². The van der Waals surface area contributed by atoms with Gasteiger partial charge in [0.25, 0.3) is 0 Å². The highest BCUT2D eigenvalue weighted by Gasteiger charge is 2.45. The summed E-state index contributed by atoms with van der Waals surface area (Å²) in [5.41, 5.74) is 0.658. The lowest BCUT2D eigenvalue weighted by Gasteiger charge is -2.35. The Morgan fingerprint density at radius 2 is 1.95 bits per heavy atom. The molecule has 1 aliphatic rings. The first-order valence-corrected chi connectivity index (χ1v) is 8.02. The highest BCUT2D eigenvalue weighted by Crippen LogP contribution is 2.36. The van der Waals surface area contributed by atoms with Gasteiger partial charge in [0.2, 0.25) is 5.91 Å². The van der Waals surface area contributed by atoms with Crippen LogP contribution in [0.15, 0.2) is 18.2 Å². The van der Waals surface area contributed by atoms with E-state index in [0.717, 1.165) is 25.1 Å². The summed E-state index contributed by atoms with van der Waals surface area (Å²) in [6.07, 6.45) is 0.893. The Labute approximate surface area is 136 Å². The van der Waals surface area contributed by atoms with Crippen molar-refractivity contribution in [3.63, 3.8) is 0 Å². The molecule has 2 rings (SSSR count). The Bertz CT molecular complexity index is 505. The van der Waals surface area contributed by atoms with E-state index in [0.29, 0.717) is 22.5 Å². The Kier molecular flexibility index (Phi) is 5.18. The van der Waals surface area contributed by atoms with Crippen LogP contribution in [0, 0.1) is 11.3 Å². The van der Waals surface area contributed by atoms with Crippen LogP contribution in [0.25, 0.3) is 0 Å². The number of halogens is 2. The Morgan fingerprint density at radius 3 is 2.43 bits per heavy atom. The van der Waals surface area contributed by atoms with Gasteiger partial charge in [-0.3, -0.25) is 4.79 Å². The van der Waals surface area contributed by atoms with Crippen LogP contribution in [-0.4, -0.2) is 30.9 Å². The standard InChI is InChI=1S/C16H22Cl2N2O/c1-11(2)16(4-5-19-10-16)15(21)20(3)9-12-6-13(17)8-14(18)7-12/h6-8,11,19H,4-5,9-10H2,1-3H3. The molecular formula is C16H22Cl2N2O. The molecule has 1 atom stereocenters. The Hall–Kier alpha value is -0.770. The summed E-state index contributed by atoms with van der Waals surface area (Å²) in [5.74, 6) is 0.504. The molecule has 0 aliphatic carbocycles. The molecule has 0 aromatic heterocycles. The normalized spacial score (nSPS) is 21.8. The molecular weight excluding hydrogens is 307 g/mol. The van der Waals surface area contributed by atoms with Gasteiger partial charge >= 0.3 is 0 Å². The summed E-state index contributed by atoms with van der Waals surface area (Å²) in [5, 5.41) is 4.52. The minimum absolute atomic E-state index is 0.193. The maximum absolute atomic E-state index is 12.9. The topological polar surface area (TPSA) is 32.3 Å². The Balaban J connectivity index is 2.15. The Morgan fingerprint density at radius 1 is 1.33 bits per heavy atom. The highest BCUT2D eigenvalue weighted by atomic mass is 35.5. The molecule has 1 saturated heterocycles. The second-order valence-electron chi connectivity index (χ2n) is 6.18. The second kappa shape index (κ2) is 6.55. The van der Waals surface area contributed by atoms with Crippen LogP contribution in [-0.2, 0) is 11.3 Å². The van der Waals surface area contributed by atoms with E-state index in [1.54, 1.807) is 11.0 Å². The molecule has 1 amide bonds. The minimum Gasteiger partial charge on any atom is -0.341 e. The maximum atomic E-state index is 12.9. The van der Waals surface area contributed by atoms with Gasteiger partial charge in [-0.1, -0.05) is 37.0 Å². The lowest BCUT2D eigenvalue weighted by molar-refractivity contribution is -0.142. The van der Waals surface area contributed by atoms with E-state index in [1.165, 1.54) is 0 Å². The van der Waals surface area contributed by atoms with E-state index < -0.39 is 0 Å². The number of carbonyl (C=O) groups is 1. The van der Waals surface area contributed by atoms with Gasteiger partial charge in [0.05, 0.1) is 5.41 Å². The number of rotatable bonds is 4. The molecule has 1 N–H and O–H groups in total. The van der Waals surface area contributed by atoms with Crippen molar-refractivity contribution in [2.75, 3.05) is 20.1 Å². The molecule has 0 radical (unpaired) electrons. The van der Waals surface area contributed by atoms with Crippen molar-refractivity contribution in [1.29, 1.82) is 0 Å². The van der Waals surface area contributed by atoms with Gasteiger partial charge in [-0.05, 0) is 42.6 Å². The van der Waals surface area contributed by atoms with Crippen LogP contribution >= 0.6 is 23.2 Å². The number of nitrogens with zero attached hydrogens (tertiary/aromatic N) is 1. The monoisotopic (exact) mass is 328 g/mol. The summed E-state index contributed by atoms with van der Waals surface area (Å²) < 4.78 is 0. The number of nitrogens with one attached hydrogen (secondary N) is 1. The molecule has 1 aromatic carbocycles. The molecule has 1 fully saturated rings. The third-order valence-electron chi connectivity index (χ3n) is 4.41. The van der Waals surface area contributed by atoms with E-state index in [9.17, 15) is 4.79 Å². The van der Waals surface area contributed by atoms with Crippen molar-refractivity contribution in [3.8, 4) is 0 Å². The molecule has 1 aromatic rings. The van der Waals surface area contributed by atoms with E-state index in [1.807, 2.05) is 19.2 Å². The summed E-state index contributed by atoms with van der Waals surface area (Å²) in [4.78, 5) is 14.7. The van der Waals surface area contributed by atoms with Crippen LogP contribution in [0.5, 0.6) is 0 Å². The van der Waals surface area contributed by atoms with Crippen LogP contribution in [0.3, 0.4) is 0 Å². The number of hydrogen-bond acceptors (Lipinski definition) is 2. The third kappa shape index (κ3) is 3.53. The minimum atomic E-state index is -0.295. The number of amides is 1. The average molecular weight is 329 g/mol. The molecule has 1 unspecified atom stereocenters. The average Bonchev–Trinajstić information content (AvgIpc) is 2.86. The van der Waals surface area contributed by atoms with Crippen molar-refractivity contribution < 1.29 is 4.79 Å². The lowest BCUT2D eigenvalue weighted by Crippen LogP contribution is -2.46. The zero-order valence-electron chi connectivity index (χ0n) is 12.7. The van der Waals surface area contributed by atoms with Crippen LogP contribution in [0.2, 0.25) is 10.0 Å². The van der Waals surface area contributed by atoms with E-state index >= 15 is 0 Å². The first-order chi connectivity index (χ1) is 9.85. The predicted molar refractivity (Wildman–Crippen MR) is 87.7 cm³/mol. The summed E-state index contributed by atoms with van der Waals surface area (Å²) in [6.45, 7) is 6.42. The molecule has 0 bridgehead atoms. The van der Waals surface area contributed by atoms with Crippen LogP contribution in [0.4, 0.5) is 0 Å². The van der Waals surface area contributed by atoms with Gasteiger partial charge < -0.3 is 10.2 Å². The molecule has 5 heteroatoms. The number of hydrogen-bond donors (Lipinski definition) is 1. The zero-order chi connectivity index (χ0) is 15.6. The molecule has 116 valence electrons. The fraction of sp³-hybridized carbons (Fsp3) is 0.562. The van der Waals surface area contributed by atoms with Crippen LogP contribution < -0.4 is 5.32 Å². The molecule has 0 saturated carbocycles. The number of benzene rings is 1. The van der Waals surface area contributed by atoms with Crippen molar-refractivity contribution >= 4 is 29.1 Å². The molecule has 21 heavy (non-hydrogen) atoms. The first kappa shape index (κ1) is 16.6. The molecule has 0 spiro atoms. The van der Waals surface area contributed by atoms with Gasteiger partial charge in [-0.15, -0.1) is 0 Å². The van der Waals surface area contributed by atoms with Crippen LogP contribution in [0.1, 0.15) is 25.8 Å². The lowest BCUT2D eigenvalue weighted by atomic mass is 9.75. The van der Waals surface area contributed by atoms with Crippen molar-refractivity contribution in [1.82, 2.24) is 10.2 Å². The molecule has 3 nitrogen and oxygen atoms in total. The van der Waals surface area contributed by atoms with E-state index in [-0.39, 0.29) is 11.3 Å². The summed E-state index contributed by atoms with van der Waals surface area (Å²) in [6, 6.07) is 5.41. The summed E-state index contributed by atoms with van der Waals surface area (Å²) in [7, 11) is 1.85. The molecule has 1 heterocycles. The van der Waals surface area contributed by atoms with Crippen molar-refractivity contribution in [2.45, 2.75) is 26.8 Å². The largest absolute Gasteiger partial charge is 0.341 e. The fourth-order valence-electron chi connectivity index (χ4n) is 3.06. The van der Waals surface area contributed by atoms with Gasteiger partial charge in [-0.25, -0.2) is 0 Å². The van der Waals surface area contributed by atoms with Gasteiger partial charge in [0.15, 0.2) is 0 Å². The van der Waals surface area contributed by atoms with Gasteiger partial charge in [0, 0.05) is 30.2 Å². The maximum Gasteiger partial charge on any atom is 0.230 e. The quantitative estimate of drug-likeness (QED) is 0.916. The smallest absolute Gasteiger partial charge is 0.230 e. The summed E-state index contributed by atoms with van der Waals surface area (Å²) >= 11 is 12.0. The number of carbonyl (C=O) groups excluding carboxylic acids is 1. The second-order valence-corrected chi connectivity index (χ2v) is 7.05. The highest BCUT2D eigenvalue weighted by molar-refractivity contribution is 6.34. The van der Waals surface area contributed by atoms with Gasteiger partial charge in [0.1, 0.15) is 0 Å². The predicted octanol–water partition coefficient (Wildman–Crippen LogP) is 3.59. The van der Waals surface area contributed by atoms with Crippen molar-refractivity contribution in [3.05, 3.63) is 33.8 Å². The zero-order valence-corrected chi connectivity index (χ0v) is 14.3. The first-order valence-electron chi connectivity index (χ1n) is 7.26. The fourth-order valence-corrected chi connectivity index (χ4v) is 3.63. The van der Waals surface area contributed by atoms with E-state index in [2.05, 4.69) is 19.2 Å². The van der Waals surface area contributed by atoms with E-state index in [4.69, 9.17) is 23.2 Å². The third-order valence-corrected chi connectivity index (χ3v) is 4.84. The molecule has 1 aliphatic heterocycles. The SMILES string of the molecule is CC(C)C1(C(=O)N(C)Cc2cc(Cl)cc(Cl)c2)CCNC1. The van der Waals surface area contributed by atoms with Crippen molar-refractivity contribution in [2.24, 2.45) is 11.3 Å².